The first kappa shape index (κ1) is 9.38. The summed E-state index contributed by atoms with van der Waals surface area (Å²) in [6.45, 7) is 6.67. The standard InChI is InChI=1S/C12H18N2/c1-9-3-4-12(11(13)7-9)14-6-5-10(2)8-14/h3-4,7,10H,5-6,8,13H2,1-2H3. The molecule has 76 valence electrons. The van der Waals surface area contributed by atoms with Crippen LogP contribution in [0.15, 0.2) is 18.2 Å². The van der Waals surface area contributed by atoms with E-state index in [1.54, 1.807) is 0 Å². The van der Waals surface area contributed by atoms with Gasteiger partial charge < -0.3 is 10.6 Å². The molecule has 2 heteroatoms. The zero-order valence-electron chi connectivity index (χ0n) is 8.96. The van der Waals surface area contributed by atoms with E-state index in [2.05, 4.69) is 36.9 Å². The molecular weight excluding hydrogens is 172 g/mol. The average molecular weight is 190 g/mol. The van der Waals surface area contributed by atoms with Crippen molar-refractivity contribution in [1.29, 1.82) is 0 Å². The lowest BCUT2D eigenvalue weighted by atomic mass is 10.1. The fourth-order valence-electron chi connectivity index (χ4n) is 2.12. The number of aryl methyl sites for hydroxylation is 1. The summed E-state index contributed by atoms with van der Waals surface area (Å²) in [6, 6.07) is 6.33. The minimum Gasteiger partial charge on any atom is -0.397 e. The molecule has 1 aliphatic rings. The smallest absolute Gasteiger partial charge is 0.0600 e. The molecular formula is C12H18N2. The van der Waals surface area contributed by atoms with E-state index in [1.807, 2.05) is 0 Å². The molecule has 1 atom stereocenters. The Kier molecular flexibility index (Phi) is 2.36. The van der Waals surface area contributed by atoms with Crippen LogP contribution in [0.5, 0.6) is 0 Å². The van der Waals surface area contributed by atoms with E-state index in [0.29, 0.717) is 0 Å². The Bertz CT molecular complexity index is 333. The Morgan fingerprint density at radius 3 is 2.79 bits per heavy atom. The van der Waals surface area contributed by atoms with Crippen molar-refractivity contribution in [3.05, 3.63) is 23.8 Å². The predicted molar refractivity (Wildman–Crippen MR) is 61.6 cm³/mol. The zero-order chi connectivity index (χ0) is 10.1. The second-order valence-corrected chi connectivity index (χ2v) is 4.40. The molecule has 0 bridgehead atoms. The maximum absolute atomic E-state index is 6.00. The summed E-state index contributed by atoms with van der Waals surface area (Å²) < 4.78 is 0. The molecule has 1 fully saturated rings. The third-order valence-electron chi connectivity index (χ3n) is 2.95. The molecule has 0 radical (unpaired) electrons. The number of nitrogen functional groups attached to an aromatic ring is 1. The molecule has 1 heterocycles. The van der Waals surface area contributed by atoms with E-state index in [4.69, 9.17) is 5.73 Å². The van der Waals surface area contributed by atoms with Gasteiger partial charge in [-0.3, -0.25) is 0 Å². The van der Waals surface area contributed by atoms with E-state index in [-0.39, 0.29) is 0 Å². The lowest BCUT2D eigenvalue weighted by Gasteiger charge is -2.20. The minimum absolute atomic E-state index is 0.802. The lowest BCUT2D eigenvalue weighted by Crippen LogP contribution is -2.20. The van der Waals surface area contributed by atoms with Crippen molar-refractivity contribution in [1.82, 2.24) is 0 Å². The van der Waals surface area contributed by atoms with Crippen LogP contribution in [-0.2, 0) is 0 Å². The number of benzene rings is 1. The van der Waals surface area contributed by atoms with Gasteiger partial charge in [-0.2, -0.15) is 0 Å². The largest absolute Gasteiger partial charge is 0.397 e. The molecule has 0 saturated carbocycles. The predicted octanol–water partition coefficient (Wildman–Crippen LogP) is 2.42. The van der Waals surface area contributed by atoms with Crippen molar-refractivity contribution in [3.63, 3.8) is 0 Å². The molecule has 0 aliphatic carbocycles. The van der Waals surface area contributed by atoms with Crippen LogP contribution in [-0.4, -0.2) is 13.1 Å². The van der Waals surface area contributed by atoms with E-state index in [0.717, 1.165) is 24.7 Å². The molecule has 0 spiro atoms. The van der Waals surface area contributed by atoms with Gasteiger partial charge in [0, 0.05) is 13.1 Å². The number of rotatable bonds is 1. The highest BCUT2D eigenvalue weighted by atomic mass is 15.2. The van der Waals surface area contributed by atoms with Gasteiger partial charge in [-0.05, 0) is 37.0 Å². The van der Waals surface area contributed by atoms with Crippen molar-refractivity contribution in [2.24, 2.45) is 5.92 Å². The van der Waals surface area contributed by atoms with Crippen LogP contribution in [0.3, 0.4) is 0 Å². The normalized spacial score (nSPS) is 21.6. The van der Waals surface area contributed by atoms with Gasteiger partial charge in [0.25, 0.3) is 0 Å². The highest BCUT2D eigenvalue weighted by molar-refractivity contribution is 5.68. The molecule has 1 aromatic rings. The van der Waals surface area contributed by atoms with E-state index in [1.165, 1.54) is 17.7 Å². The maximum Gasteiger partial charge on any atom is 0.0600 e. The summed E-state index contributed by atoms with van der Waals surface area (Å²) in [5.41, 5.74) is 9.36. The van der Waals surface area contributed by atoms with Gasteiger partial charge in [-0.25, -0.2) is 0 Å². The highest BCUT2D eigenvalue weighted by Crippen LogP contribution is 2.29. The first-order valence-electron chi connectivity index (χ1n) is 5.28. The zero-order valence-corrected chi connectivity index (χ0v) is 8.96. The summed E-state index contributed by atoms with van der Waals surface area (Å²) >= 11 is 0. The minimum atomic E-state index is 0.802. The van der Waals surface area contributed by atoms with Gasteiger partial charge in [0.2, 0.25) is 0 Å². The molecule has 1 aromatic carbocycles. The van der Waals surface area contributed by atoms with E-state index in [9.17, 15) is 0 Å². The summed E-state index contributed by atoms with van der Waals surface area (Å²) in [5, 5.41) is 0. The monoisotopic (exact) mass is 190 g/mol. The van der Waals surface area contributed by atoms with Crippen LogP contribution in [0.2, 0.25) is 0 Å². The van der Waals surface area contributed by atoms with Crippen LogP contribution >= 0.6 is 0 Å². The van der Waals surface area contributed by atoms with Crippen molar-refractivity contribution in [2.75, 3.05) is 23.7 Å². The van der Waals surface area contributed by atoms with Crippen LogP contribution < -0.4 is 10.6 Å². The summed E-state index contributed by atoms with van der Waals surface area (Å²) in [6.07, 6.45) is 1.29. The third kappa shape index (κ3) is 1.69. The molecule has 14 heavy (non-hydrogen) atoms. The molecule has 2 rings (SSSR count). The van der Waals surface area contributed by atoms with E-state index >= 15 is 0 Å². The van der Waals surface area contributed by atoms with Gasteiger partial charge in [0.1, 0.15) is 0 Å². The number of hydrogen-bond donors (Lipinski definition) is 1. The number of nitrogens with zero attached hydrogens (tertiary/aromatic N) is 1. The molecule has 1 aliphatic heterocycles. The second-order valence-electron chi connectivity index (χ2n) is 4.40. The van der Waals surface area contributed by atoms with Crippen molar-refractivity contribution < 1.29 is 0 Å². The Balaban J connectivity index is 2.24. The van der Waals surface area contributed by atoms with Crippen LogP contribution in [0.1, 0.15) is 18.9 Å². The van der Waals surface area contributed by atoms with Gasteiger partial charge in [0.05, 0.1) is 11.4 Å². The first-order chi connectivity index (χ1) is 6.66. The van der Waals surface area contributed by atoms with Crippen molar-refractivity contribution >= 4 is 11.4 Å². The molecule has 2 N–H and O–H groups in total. The van der Waals surface area contributed by atoms with Crippen LogP contribution in [0.25, 0.3) is 0 Å². The Labute approximate surface area is 85.7 Å². The van der Waals surface area contributed by atoms with Gasteiger partial charge >= 0.3 is 0 Å². The number of nitrogens with two attached hydrogens (primary N) is 1. The summed E-state index contributed by atoms with van der Waals surface area (Å²) in [5.74, 6) is 0.802. The average Bonchev–Trinajstić information content (AvgIpc) is 2.51. The van der Waals surface area contributed by atoms with Gasteiger partial charge in [-0.15, -0.1) is 0 Å². The number of anilines is 2. The summed E-state index contributed by atoms with van der Waals surface area (Å²) in [4.78, 5) is 2.39. The SMILES string of the molecule is Cc1ccc(N2CCC(C)C2)c(N)c1. The van der Waals surface area contributed by atoms with Crippen LogP contribution in [0, 0.1) is 12.8 Å². The summed E-state index contributed by atoms with van der Waals surface area (Å²) in [7, 11) is 0. The van der Waals surface area contributed by atoms with Gasteiger partial charge in [-0.1, -0.05) is 13.0 Å². The highest BCUT2D eigenvalue weighted by Gasteiger charge is 2.20. The fourth-order valence-corrected chi connectivity index (χ4v) is 2.12. The first-order valence-corrected chi connectivity index (χ1v) is 5.28. The Hall–Kier alpha value is -1.18. The maximum atomic E-state index is 6.00. The number of hydrogen-bond acceptors (Lipinski definition) is 2. The molecule has 1 unspecified atom stereocenters. The van der Waals surface area contributed by atoms with Crippen molar-refractivity contribution in [3.8, 4) is 0 Å². The van der Waals surface area contributed by atoms with E-state index < -0.39 is 0 Å². The second kappa shape index (κ2) is 3.52. The third-order valence-corrected chi connectivity index (χ3v) is 2.95. The Morgan fingerprint density at radius 1 is 1.43 bits per heavy atom. The topological polar surface area (TPSA) is 29.3 Å². The van der Waals surface area contributed by atoms with Crippen LogP contribution in [0.4, 0.5) is 11.4 Å². The van der Waals surface area contributed by atoms with Gasteiger partial charge in [0.15, 0.2) is 0 Å². The fraction of sp³-hybridized carbons (Fsp3) is 0.500. The molecule has 0 aromatic heterocycles. The van der Waals surface area contributed by atoms with Crippen molar-refractivity contribution in [2.45, 2.75) is 20.3 Å². The molecule has 1 saturated heterocycles. The lowest BCUT2D eigenvalue weighted by molar-refractivity contribution is 0.659. The molecule has 0 amide bonds. The Morgan fingerprint density at radius 2 is 2.21 bits per heavy atom. The quantitative estimate of drug-likeness (QED) is 0.689. The molecule has 2 nitrogen and oxygen atoms in total.